The lowest BCUT2D eigenvalue weighted by molar-refractivity contribution is 0.312. The van der Waals surface area contributed by atoms with Gasteiger partial charge in [0.25, 0.3) is 0 Å². The molecular formula is C12H24N2. The Balaban J connectivity index is 1.67. The summed E-state index contributed by atoms with van der Waals surface area (Å²) in [5.74, 6) is 1.80. The van der Waals surface area contributed by atoms with Crippen LogP contribution in [-0.2, 0) is 0 Å². The number of rotatable bonds is 4. The van der Waals surface area contributed by atoms with Crippen LogP contribution >= 0.6 is 0 Å². The summed E-state index contributed by atoms with van der Waals surface area (Å²) in [4.78, 5) is 0. The molecule has 82 valence electrons. The summed E-state index contributed by atoms with van der Waals surface area (Å²) >= 11 is 0. The lowest BCUT2D eigenvalue weighted by Crippen LogP contribution is -2.38. The van der Waals surface area contributed by atoms with Gasteiger partial charge < -0.3 is 10.6 Å². The maximum atomic E-state index is 3.71. The number of fused-ring (bicyclic) bond motifs is 2. The van der Waals surface area contributed by atoms with Crippen molar-refractivity contribution in [3.63, 3.8) is 0 Å². The van der Waals surface area contributed by atoms with Crippen LogP contribution in [0.25, 0.3) is 0 Å². The minimum absolute atomic E-state index is 0.799. The fraction of sp³-hybridized carbons (Fsp3) is 1.00. The fourth-order valence-corrected chi connectivity index (χ4v) is 2.85. The van der Waals surface area contributed by atoms with Gasteiger partial charge in [0.1, 0.15) is 0 Å². The third kappa shape index (κ3) is 2.71. The molecule has 0 amide bonds. The van der Waals surface area contributed by atoms with Crippen LogP contribution in [0.2, 0.25) is 0 Å². The van der Waals surface area contributed by atoms with Crippen LogP contribution in [0, 0.1) is 11.8 Å². The Bertz CT molecular complexity index is 167. The smallest absolute Gasteiger partial charge is 0.00851 e. The topological polar surface area (TPSA) is 24.1 Å². The van der Waals surface area contributed by atoms with Crippen molar-refractivity contribution < 1.29 is 0 Å². The van der Waals surface area contributed by atoms with Gasteiger partial charge in [0, 0.05) is 12.1 Å². The second-order valence-electron chi connectivity index (χ2n) is 5.51. The SMILES string of the molecule is CC(C)CCNC1CC2CNC(C2)C1. The molecule has 1 heterocycles. The van der Waals surface area contributed by atoms with E-state index in [1.807, 2.05) is 0 Å². The minimum atomic E-state index is 0.799. The molecule has 0 aromatic carbocycles. The Labute approximate surface area is 87.8 Å². The van der Waals surface area contributed by atoms with Crippen LogP contribution < -0.4 is 10.6 Å². The molecule has 2 fully saturated rings. The van der Waals surface area contributed by atoms with Crippen LogP contribution in [0.3, 0.4) is 0 Å². The standard InChI is InChI=1S/C12H24N2/c1-9(2)3-4-13-11-5-10-6-12(7-11)14-8-10/h9-14H,3-8H2,1-2H3. The summed E-state index contributed by atoms with van der Waals surface area (Å²) < 4.78 is 0. The lowest BCUT2D eigenvalue weighted by Gasteiger charge is -2.28. The molecular weight excluding hydrogens is 172 g/mol. The van der Waals surface area contributed by atoms with Gasteiger partial charge in [-0.3, -0.25) is 0 Å². The summed E-state index contributed by atoms with van der Waals surface area (Å²) in [6, 6.07) is 1.62. The zero-order chi connectivity index (χ0) is 9.97. The van der Waals surface area contributed by atoms with E-state index in [-0.39, 0.29) is 0 Å². The molecule has 0 radical (unpaired) electrons. The van der Waals surface area contributed by atoms with Gasteiger partial charge in [0.15, 0.2) is 0 Å². The molecule has 1 aliphatic carbocycles. The first-order chi connectivity index (χ1) is 6.74. The molecule has 2 heteroatoms. The molecule has 0 aromatic heterocycles. The summed E-state index contributed by atoms with van der Waals surface area (Å²) in [7, 11) is 0. The van der Waals surface area contributed by atoms with Crippen molar-refractivity contribution in [3.05, 3.63) is 0 Å². The molecule has 2 rings (SSSR count). The highest BCUT2D eigenvalue weighted by Gasteiger charge is 2.33. The monoisotopic (exact) mass is 196 g/mol. The Hall–Kier alpha value is -0.0800. The minimum Gasteiger partial charge on any atom is -0.314 e. The third-order valence-corrected chi connectivity index (χ3v) is 3.65. The van der Waals surface area contributed by atoms with Crippen molar-refractivity contribution in [2.75, 3.05) is 13.1 Å². The molecule has 0 spiro atoms. The normalized spacial score (nSPS) is 36.6. The fourth-order valence-electron chi connectivity index (χ4n) is 2.85. The van der Waals surface area contributed by atoms with Crippen molar-refractivity contribution in [2.24, 2.45) is 11.8 Å². The van der Waals surface area contributed by atoms with Gasteiger partial charge in [-0.1, -0.05) is 13.8 Å². The molecule has 0 aromatic rings. The first-order valence-corrected chi connectivity index (χ1v) is 6.21. The van der Waals surface area contributed by atoms with E-state index < -0.39 is 0 Å². The average molecular weight is 196 g/mol. The quantitative estimate of drug-likeness (QED) is 0.716. The van der Waals surface area contributed by atoms with E-state index in [9.17, 15) is 0 Å². The van der Waals surface area contributed by atoms with E-state index >= 15 is 0 Å². The van der Waals surface area contributed by atoms with Crippen molar-refractivity contribution in [3.8, 4) is 0 Å². The molecule has 1 aliphatic heterocycles. The van der Waals surface area contributed by atoms with Crippen molar-refractivity contribution in [2.45, 2.75) is 51.6 Å². The van der Waals surface area contributed by atoms with E-state index in [1.165, 1.54) is 38.8 Å². The number of hydrogen-bond donors (Lipinski definition) is 2. The van der Waals surface area contributed by atoms with Crippen LogP contribution in [0.5, 0.6) is 0 Å². The first kappa shape index (κ1) is 10.4. The van der Waals surface area contributed by atoms with E-state index in [2.05, 4.69) is 24.5 Å². The Kier molecular flexibility index (Phi) is 3.45. The summed E-state index contributed by atoms with van der Waals surface area (Å²) in [5, 5.41) is 7.32. The zero-order valence-electron chi connectivity index (χ0n) is 9.55. The molecule has 3 unspecified atom stereocenters. The third-order valence-electron chi connectivity index (χ3n) is 3.65. The molecule has 14 heavy (non-hydrogen) atoms. The Morgan fingerprint density at radius 2 is 2.14 bits per heavy atom. The largest absolute Gasteiger partial charge is 0.314 e. The zero-order valence-corrected chi connectivity index (χ0v) is 9.55. The van der Waals surface area contributed by atoms with E-state index in [4.69, 9.17) is 0 Å². The van der Waals surface area contributed by atoms with E-state index in [0.717, 1.165) is 23.9 Å². The second kappa shape index (κ2) is 4.63. The highest BCUT2D eigenvalue weighted by atomic mass is 15.0. The maximum Gasteiger partial charge on any atom is 0.00851 e. The summed E-state index contributed by atoms with van der Waals surface area (Å²) in [6.07, 6.45) is 5.51. The Morgan fingerprint density at radius 1 is 1.29 bits per heavy atom. The van der Waals surface area contributed by atoms with Gasteiger partial charge in [-0.2, -0.15) is 0 Å². The van der Waals surface area contributed by atoms with Crippen LogP contribution in [0.1, 0.15) is 39.5 Å². The predicted molar refractivity (Wildman–Crippen MR) is 60.4 cm³/mol. The van der Waals surface area contributed by atoms with Crippen molar-refractivity contribution in [1.29, 1.82) is 0 Å². The van der Waals surface area contributed by atoms with E-state index in [1.54, 1.807) is 0 Å². The van der Waals surface area contributed by atoms with E-state index in [0.29, 0.717) is 0 Å². The number of hydrogen-bond acceptors (Lipinski definition) is 2. The van der Waals surface area contributed by atoms with Crippen molar-refractivity contribution >= 4 is 0 Å². The molecule has 2 N–H and O–H groups in total. The van der Waals surface area contributed by atoms with Gasteiger partial charge in [-0.25, -0.2) is 0 Å². The molecule has 1 saturated carbocycles. The first-order valence-electron chi connectivity index (χ1n) is 6.21. The molecule has 1 saturated heterocycles. The summed E-state index contributed by atoms with van der Waals surface area (Å²) in [6.45, 7) is 7.08. The Morgan fingerprint density at radius 3 is 2.86 bits per heavy atom. The highest BCUT2D eigenvalue weighted by Crippen LogP contribution is 2.29. The van der Waals surface area contributed by atoms with Crippen LogP contribution in [0.4, 0.5) is 0 Å². The van der Waals surface area contributed by atoms with Gasteiger partial charge in [-0.15, -0.1) is 0 Å². The summed E-state index contributed by atoms with van der Waals surface area (Å²) in [5.41, 5.74) is 0. The van der Waals surface area contributed by atoms with Gasteiger partial charge in [0.2, 0.25) is 0 Å². The lowest BCUT2D eigenvalue weighted by atomic mass is 9.86. The predicted octanol–water partition coefficient (Wildman–Crippen LogP) is 1.76. The maximum absolute atomic E-state index is 3.71. The molecule has 2 aliphatic rings. The average Bonchev–Trinajstić information content (AvgIpc) is 2.45. The van der Waals surface area contributed by atoms with Crippen molar-refractivity contribution in [1.82, 2.24) is 10.6 Å². The van der Waals surface area contributed by atoms with Crippen LogP contribution in [0.15, 0.2) is 0 Å². The van der Waals surface area contributed by atoms with Gasteiger partial charge in [-0.05, 0) is 50.6 Å². The van der Waals surface area contributed by atoms with Gasteiger partial charge >= 0.3 is 0 Å². The number of nitrogens with one attached hydrogen (secondary N) is 2. The van der Waals surface area contributed by atoms with Crippen LogP contribution in [-0.4, -0.2) is 25.2 Å². The molecule has 3 atom stereocenters. The highest BCUT2D eigenvalue weighted by molar-refractivity contribution is 4.92. The second-order valence-corrected chi connectivity index (χ2v) is 5.51. The molecule has 2 nitrogen and oxygen atoms in total. The molecule has 2 bridgehead atoms. The van der Waals surface area contributed by atoms with Gasteiger partial charge in [0.05, 0.1) is 0 Å².